The van der Waals surface area contributed by atoms with E-state index >= 15 is 0 Å². The molecule has 0 spiro atoms. The van der Waals surface area contributed by atoms with Gasteiger partial charge in [-0.25, -0.2) is 0 Å². The van der Waals surface area contributed by atoms with Crippen LogP contribution in [0.5, 0.6) is 0 Å². The number of esters is 1. The lowest BCUT2D eigenvalue weighted by atomic mass is 10.3. The maximum absolute atomic E-state index is 12.5. The van der Waals surface area contributed by atoms with E-state index < -0.39 is 17.1 Å². The van der Waals surface area contributed by atoms with Crippen LogP contribution in [0, 0.1) is 0 Å². The zero-order valence-corrected chi connectivity index (χ0v) is 16.2. The van der Waals surface area contributed by atoms with E-state index in [0.29, 0.717) is 0 Å². The molecule has 0 N–H and O–H groups in total. The molecule has 2 aromatic rings. The number of carbonyl (C=O) groups is 3. The van der Waals surface area contributed by atoms with Crippen molar-refractivity contribution in [1.82, 2.24) is 9.47 Å². The number of hydrogen-bond donors (Lipinski definition) is 0. The van der Waals surface area contributed by atoms with E-state index in [1.165, 1.54) is 0 Å². The molecule has 1 aromatic carbocycles. The van der Waals surface area contributed by atoms with Crippen molar-refractivity contribution in [2.75, 3.05) is 13.2 Å². The molecular weight excluding hydrogens is 420 g/mol. The highest BCUT2D eigenvalue weighted by atomic mass is 79.9. The van der Waals surface area contributed by atoms with Gasteiger partial charge in [0, 0.05) is 22.1 Å². The van der Waals surface area contributed by atoms with Crippen molar-refractivity contribution in [1.29, 1.82) is 0 Å². The number of amides is 2. The van der Waals surface area contributed by atoms with Gasteiger partial charge in [0.1, 0.15) is 6.54 Å². The highest BCUT2D eigenvalue weighted by Crippen LogP contribution is 2.32. The molecule has 1 fully saturated rings. The van der Waals surface area contributed by atoms with E-state index in [0.717, 1.165) is 32.5 Å². The first-order valence-corrected chi connectivity index (χ1v) is 9.45. The van der Waals surface area contributed by atoms with Gasteiger partial charge in [0.15, 0.2) is 0 Å². The molecule has 1 aliphatic rings. The molecule has 1 aliphatic heterocycles. The molecular formula is C18H15BrN2O4S. The average Bonchev–Trinajstić information content (AvgIpc) is 3.16. The van der Waals surface area contributed by atoms with Crippen molar-refractivity contribution in [3.8, 4) is 5.69 Å². The molecule has 0 radical (unpaired) electrons. The lowest BCUT2D eigenvalue weighted by Crippen LogP contribution is -2.34. The SMILES string of the molecule is CCOC(=O)CN1C(=O)S/C(=C\c2cccn2-c2ccc(Br)cc2)C1=O. The molecule has 1 saturated heterocycles. The molecule has 0 aliphatic carbocycles. The van der Waals surface area contributed by atoms with Gasteiger partial charge in [-0.15, -0.1) is 0 Å². The Balaban J connectivity index is 1.84. The zero-order chi connectivity index (χ0) is 18.7. The van der Waals surface area contributed by atoms with Crippen LogP contribution >= 0.6 is 27.7 Å². The third kappa shape index (κ3) is 3.91. The van der Waals surface area contributed by atoms with E-state index in [4.69, 9.17) is 4.74 Å². The quantitative estimate of drug-likeness (QED) is 0.528. The molecule has 0 bridgehead atoms. The van der Waals surface area contributed by atoms with Crippen LogP contribution in [0.1, 0.15) is 12.6 Å². The van der Waals surface area contributed by atoms with Gasteiger partial charge in [-0.3, -0.25) is 19.3 Å². The third-order valence-corrected chi connectivity index (χ3v) is 5.07. The molecule has 3 rings (SSSR count). The van der Waals surface area contributed by atoms with Gasteiger partial charge < -0.3 is 9.30 Å². The largest absolute Gasteiger partial charge is 0.465 e. The minimum absolute atomic E-state index is 0.200. The molecule has 6 nitrogen and oxygen atoms in total. The highest BCUT2D eigenvalue weighted by molar-refractivity contribution is 9.10. The molecule has 1 aromatic heterocycles. The van der Waals surface area contributed by atoms with Gasteiger partial charge in [-0.1, -0.05) is 15.9 Å². The predicted octanol–water partition coefficient (Wildman–Crippen LogP) is 3.84. The Morgan fingerprint density at radius 3 is 2.65 bits per heavy atom. The van der Waals surface area contributed by atoms with Gasteiger partial charge in [0.2, 0.25) is 0 Å². The molecule has 2 amide bonds. The topological polar surface area (TPSA) is 68.6 Å². The number of halogens is 1. The second-order valence-electron chi connectivity index (χ2n) is 5.35. The number of rotatable bonds is 5. The molecule has 2 heterocycles. The number of thioether (sulfide) groups is 1. The average molecular weight is 435 g/mol. The smallest absolute Gasteiger partial charge is 0.326 e. The first-order chi connectivity index (χ1) is 12.5. The number of hydrogen-bond acceptors (Lipinski definition) is 5. The van der Waals surface area contributed by atoms with Crippen LogP contribution < -0.4 is 0 Å². The predicted molar refractivity (Wildman–Crippen MR) is 103 cm³/mol. The van der Waals surface area contributed by atoms with Gasteiger partial charge in [-0.05, 0) is 61.2 Å². The van der Waals surface area contributed by atoms with E-state index in [1.54, 1.807) is 13.0 Å². The van der Waals surface area contributed by atoms with Crippen LogP contribution in [-0.4, -0.2) is 39.7 Å². The van der Waals surface area contributed by atoms with E-state index in [-0.39, 0.29) is 18.1 Å². The first-order valence-electron chi connectivity index (χ1n) is 7.84. The van der Waals surface area contributed by atoms with Gasteiger partial charge >= 0.3 is 5.97 Å². The molecule has 0 unspecified atom stereocenters. The van der Waals surface area contributed by atoms with Crippen LogP contribution in [0.25, 0.3) is 11.8 Å². The maximum Gasteiger partial charge on any atom is 0.326 e. The number of carbonyl (C=O) groups excluding carboxylic acids is 3. The van der Waals surface area contributed by atoms with Crippen molar-refractivity contribution in [2.45, 2.75) is 6.92 Å². The Morgan fingerprint density at radius 2 is 1.96 bits per heavy atom. The summed E-state index contributed by atoms with van der Waals surface area (Å²) in [4.78, 5) is 37.3. The summed E-state index contributed by atoms with van der Waals surface area (Å²) in [6.45, 7) is 1.50. The summed E-state index contributed by atoms with van der Waals surface area (Å²) in [6.07, 6.45) is 3.52. The minimum atomic E-state index is -0.603. The van der Waals surface area contributed by atoms with Crippen LogP contribution in [-0.2, 0) is 14.3 Å². The summed E-state index contributed by atoms with van der Waals surface area (Å²) in [5.74, 6) is -1.09. The summed E-state index contributed by atoms with van der Waals surface area (Å²) in [7, 11) is 0. The highest BCUT2D eigenvalue weighted by Gasteiger charge is 2.36. The molecule has 0 saturated carbocycles. The van der Waals surface area contributed by atoms with Crippen molar-refractivity contribution in [3.63, 3.8) is 0 Å². The fourth-order valence-electron chi connectivity index (χ4n) is 2.45. The van der Waals surface area contributed by atoms with Gasteiger partial charge in [0.05, 0.1) is 11.5 Å². The Morgan fingerprint density at radius 1 is 1.23 bits per heavy atom. The lowest BCUT2D eigenvalue weighted by Gasteiger charge is -2.11. The Bertz CT molecular complexity index is 889. The number of aromatic nitrogens is 1. The Labute approximate surface area is 162 Å². The van der Waals surface area contributed by atoms with Crippen molar-refractivity contribution in [2.24, 2.45) is 0 Å². The summed E-state index contributed by atoms with van der Waals surface area (Å²) in [5.41, 5.74) is 1.68. The first kappa shape index (κ1) is 18.5. The van der Waals surface area contributed by atoms with E-state index in [1.807, 2.05) is 47.2 Å². The van der Waals surface area contributed by atoms with Crippen LogP contribution in [0.15, 0.2) is 52.0 Å². The second kappa shape index (κ2) is 7.92. The van der Waals surface area contributed by atoms with Crippen LogP contribution in [0.2, 0.25) is 0 Å². The minimum Gasteiger partial charge on any atom is -0.465 e. The monoisotopic (exact) mass is 434 g/mol. The van der Waals surface area contributed by atoms with E-state index in [9.17, 15) is 14.4 Å². The van der Waals surface area contributed by atoms with Crippen LogP contribution in [0.3, 0.4) is 0 Å². The van der Waals surface area contributed by atoms with Crippen molar-refractivity contribution in [3.05, 3.63) is 57.7 Å². The summed E-state index contributed by atoms with van der Waals surface area (Å²) < 4.78 is 7.68. The Kier molecular flexibility index (Phi) is 5.63. The molecule has 134 valence electrons. The van der Waals surface area contributed by atoms with Crippen molar-refractivity contribution < 1.29 is 19.1 Å². The summed E-state index contributed by atoms with van der Waals surface area (Å²) >= 11 is 4.22. The fourth-order valence-corrected chi connectivity index (χ4v) is 3.54. The third-order valence-electron chi connectivity index (χ3n) is 3.63. The second-order valence-corrected chi connectivity index (χ2v) is 7.26. The zero-order valence-electron chi connectivity index (χ0n) is 13.8. The maximum atomic E-state index is 12.5. The van der Waals surface area contributed by atoms with Gasteiger partial charge in [-0.2, -0.15) is 0 Å². The fraction of sp³-hybridized carbons (Fsp3) is 0.167. The molecule has 26 heavy (non-hydrogen) atoms. The van der Waals surface area contributed by atoms with Crippen molar-refractivity contribution >= 4 is 50.9 Å². The summed E-state index contributed by atoms with van der Waals surface area (Å²) in [5, 5.41) is -0.476. The number of ether oxygens (including phenoxy) is 1. The number of benzene rings is 1. The van der Waals surface area contributed by atoms with Gasteiger partial charge in [0.25, 0.3) is 11.1 Å². The van der Waals surface area contributed by atoms with Crippen LogP contribution in [0.4, 0.5) is 4.79 Å². The molecule has 8 heteroatoms. The standard InChI is InChI=1S/C18H15BrN2O4S/c1-2-25-16(22)11-21-17(23)15(26-18(21)24)10-14-4-3-9-20(14)13-7-5-12(19)6-8-13/h3-10H,2,11H2,1H3/b15-10-. The molecule has 0 atom stereocenters. The number of nitrogens with zero attached hydrogens (tertiary/aromatic N) is 2. The lowest BCUT2D eigenvalue weighted by molar-refractivity contribution is -0.145. The normalized spacial score (nSPS) is 15.8. The Hall–Kier alpha value is -2.32. The summed E-state index contributed by atoms with van der Waals surface area (Å²) in [6, 6.07) is 11.4. The van der Waals surface area contributed by atoms with E-state index in [2.05, 4.69) is 15.9 Å². The number of imide groups is 1.